The van der Waals surface area contributed by atoms with Crippen LogP contribution in [0.3, 0.4) is 0 Å². The van der Waals surface area contributed by atoms with E-state index in [-0.39, 0.29) is 17.0 Å². The van der Waals surface area contributed by atoms with Gasteiger partial charge >= 0.3 is 0 Å². The molecule has 0 radical (unpaired) electrons. The lowest BCUT2D eigenvalue weighted by atomic mass is 9.55. The standard InChI is InChI=1S/C32H35N3/c1-19-15-25-24(18-30(19)35-21(3)34(8)28-11-9-10-12-29(28)35)23-17-27-22(14-13-20(2)33-27)16-26(23)32(6,7)31(25,4)5/h9-18,21H,1-8H3/t21-/m0/s1. The van der Waals surface area contributed by atoms with Gasteiger partial charge in [0.05, 0.1) is 16.9 Å². The summed E-state index contributed by atoms with van der Waals surface area (Å²) in [7, 11) is 2.19. The summed E-state index contributed by atoms with van der Waals surface area (Å²) in [4.78, 5) is 9.76. The van der Waals surface area contributed by atoms with Crippen molar-refractivity contribution < 1.29 is 0 Å². The van der Waals surface area contributed by atoms with Crippen LogP contribution in [0.2, 0.25) is 0 Å². The largest absolute Gasteiger partial charge is 0.353 e. The van der Waals surface area contributed by atoms with Gasteiger partial charge in [-0.3, -0.25) is 4.98 Å². The van der Waals surface area contributed by atoms with Crippen molar-refractivity contribution in [3.05, 3.63) is 83.0 Å². The van der Waals surface area contributed by atoms with E-state index in [1.54, 1.807) is 0 Å². The fourth-order valence-corrected chi connectivity index (χ4v) is 6.26. The minimum atomic E-state index is -0.0181. The summed E-state index contributed by atoms with van der Waals surface area (Å²) in [6.07, 6.45) is 0.248. The molecule has 0 N–H and O–H groups in total. The first-order chi connectivity index (χ1) is 16.5. The molecule has 0 amide bonds. The van der Waals surface area contributed by atoms with Crippen LogP contribution in [0.15, 0.2) is 60.7 Å². The predicted molar refractivity (Wildman–Crippen MR) is 149 cm³/mol. The minimum Gasteiger partial charge on any atom is -0.353 e. The van der Waals surface area contributed by atoms with Gasteiger partial charge in [-0.15, -0.1) is 0 Å². The minimum absolute atomic E-state index is 0.0177. The predicted octanol–water partition coefficient (Wildman–Crippen LogP) is 8.02. The van der Waals surface area contributed by atoms with Gasteiger partial charge in [0.1, 0.15) is 6.17 Å². The van der Waals surface area contributed by atoms with Crippen LogP contribution in [0.5, 0.6) is 0 Å². The summed E-state index contributed by atoms with van der Waals surface area (Å²) in [6.45, 7) is 16.3. The summed E-state index contributed by atoms with van der Waals surface area (Å²) < 4.78 is 0. The second-order valence-electron chi connectivity index (χ2n) is 11.6. The summed E-state index contributed by atoms with van der Waals surface area (Å²) in [5, 5.41) is 1.22. The molecule has 4 aromatic rings. The van der Waals surface area contributed by atoms with Gasteiger partial charge in [0.25, 0.3) is 0 Å². The van der Waals surface area contributed by atoms with Gasteiger partial charge in [-0.2, -0.15) is 0 Å². The Bertz CT molecular complexity index is 1510. The van der Waals surface area contributed by atoms with E-state index >= 15 is 0 Å². The molecule has 0 saturated carbocycles. The topological polar surface area (TPSA) is 19.4 Å². The number of para-hydroxylation sites is 2. The molecule has 0 unspecified atom stereocenters. The van der Waals surface area contributed by atoms with E-state index < -0.39 is 0 Å². The average Bonchev–Trinajstić information content (AvgIpc) is 3.07. The van der Waals surface area contributed by atoms with E-state index in [1.807, 2.05) is 0 Å². The molecule has 3 nitrogen and oxygen atoms in total. The number of aromatic nitrogens is 1. The van der Waals surface area contributed by atoms with Crippen LogP contribution in [-0.4, -0.2) is 18.2 Å². The Hall–Kier alpha value is -3.33. The molecule has 0 bridgehead atoms. The van der Waals surface area contributed by atoms with Crippen molar-refractivity contribution in [2.24, 2.45) is 0 Å². The lowest BCUT2D eigenvalue weighted by Crippen LogP contribution is -2.44. The molecule has 3 heteroatoms. The molecular weight excluding hydrogens is 426 g/mol. The Labute approximate surface area is 209 Å². The SMILES string of the molecule is Cc1ccc2cc3c(cc2n1)-c1cc(N2c4ccccc4N(C)[C@@H]2C)c(C)cc1C(C)(C)C3(C)C. The van der Waals surface area contributed by atoms with Crippen LogP contribution < -0.4 is 9.80 Å². The van der Waals surface area contributed by atoms with Gasteiger partial charge in [0.2, 0.25) is 0 Å². The van der Waals surface area contributed by atoms with E-state index in [9.17, 15) is 0 Å². The quantitative estimate of drug-likeness (QED) is 0.286. The maximum Gasteiger partial charge on any atom is 0.103 e. The van der Waals surface area contributed by atoms with Gasteiger partial charge in [-0.1, -0.05) is 52.0 Å². The van der Waals surface area contributed by atoms with Gasteiger partial charge in [-0.05, 0) is 95.8 Å². The number of pyridine rings is 1. The highest BCUT2D eigenvalue weighted by atomic mass is 15.4. The Morgan fingerprint density at radius 1 is 0.743 bits per heavy atom. The van der Waals surface area contributed by atoms with E-state index in [0.29, 0.717) is 0 Å². The third-order valence-electron chi connectivity index (χ3n) is 9.22. The Morgan fingerprint density at radius 3 is 2.09 bits per heavy atom. The number of hydrogen-bond acceptors (Lipinski definition) is 3. The molecule has 1 atom stereocenters. The summed E-state index contributed by atoms with van der Waals surface area (Å²) in [5.74, 6) is 0. The molecule has 2 aliphatic rings. The van der Waals surface area contributed by atoms with Crippen LogP contribution in [-0.2, 0) is 10.8 Å². The molecule has 0 spiro atoms. The molecule has 2 heterocycles. The van der Waals surface area contributed by atoms with Crippen LogP contribution in [0.4, 0.5) is 17.1 Å². The van der Waals surface area contributed by atoms with Crippen LogP contribution in [0, 0.1) is 13.8 Å². The van der Waals surface area contributed by atoms with Crippen LogP contribution >= 0.6 is 0 Å². The monoisotopic (exact) mass is 461 g/mol. The Kier molecular flexibility index (Phi) is 4.49. The molecule has 1 aromatic heterocycles. The van der Waals surface area contributed by atoms with E-state index in [1.165, 1.54) is 50.3 Å². The summed E-state index contributed by atoms with van der Waals surface area (Å²) in [6, 6.07) is 22.7. The van der Waals surface area contributed by atoms with Gasteiger partial charge in [-0.25, -0.2) is 0 Å². The molecule has 0 saturated heterocycles. The number of nitrogens with zero attached hydrogens (tertiary/aromatic N) is 3. The van der Waals surface area contributed by atoms with Gasteiger partial charge < -0.3 is 9.80 Å². The van der Waals surface area contributed by atoms with Crippen molar-refractivity contribution in [1.82, 2.24) is 4.98 Å². The lowest BCUT2D eigenvalue weighted by molar-refractivity contribution is 0.299. The average molecular weight is 462 g/mol. The summed E-state index contributed by atoms with van der Waals surface area (Å²) >= 11 is 0. The Balaban J connectivity index is 1.65. The highest BCUT2D eigenvalue weighted by molar-refractivity contribution is 5.92. The van der Waals surface area contributed by atoms with Crippen LogP contribution in [0.25, 0.3) is 22.0 Å². The molecule has 6 rings (SSSR count). The number of hydrogen-bond donors (Lipinski definition) is 0. The zero-order valence-electron chi connectivity index (χ0n) is 22.2. The van der Waals surface area contributed by atoms with Crippen molar-refractivity contribution in [3.8, 4) is 11.1 Å². The maximum atomic E-state index is 4.89. The third kappa shape index (κ3) is 2.87. The molecule has 1 aliphatic heterocycles. The molecule has 0 fully saturated rings. The number of aryl methyl sites for hydroxylation is 2. The van der Waals surface area contributed by atoms with Crippen molar-refractivity contribution in [2.75, 3.05) is 16.8 Å². The normalized spacial score (nSPS) is 19.5. The molecule has 3 aromatic carbocycles. The smallest absolute Gasteiger partial charge is 0.103 e. The van der Waals surface area contributed by atoms with Gasteiger partial charge in [0.15, 0.2) is 0 Å². The highest BCUT2D eigenvalue weighted by Gasteiger charge is 2.46. The fourth-order valence-electron chi connectivity index (χ4n) is 6.26. The zero-order chi connectivity index (χ0) is 24.9. The summed E-state index contributed by atoms with van der Waals surface area (Å²) in [5.41, 5.74) is 12.8. The van der Waals surface area contributed by atoms with Gasteiger partial charge in [0, 0.05) is 23.8 Å². The van der Waals surface area contributed by atoms with Crippen molar-refractivity contribution >= 4 is 28.0 Å². The number of fused-ring (bicyclic) bond motifs is 5. The van der Waals surface area contributed by atoms with Crippen molar-refractivity contribution in [3.63, 3.8) is 0 Å². The Morgan fingerprint density at radius 2 is 1.37 bits per heavy atom. The third-order valence-corrected chi connectivity index (χ3v) is 9.22. The molecule has 35 heavy (non-hydrogen) atoms. The van der Waals surface area contributed by atoms with Crippen LogP contribution in [0.1, 0.15) is 57.0 Å². The van der Waals surface area contributed by atoms with Crippen molar-refractivity contribution in [2.45, 2.75) is 65.5 Å². The zero-order valence-corrected chi connectivity index (χ0v) is 22.2. The van der Waals surface area contributed by atoms with E-state index in [0.717, 1.165) is 11.2 Å². The highest BCUT2D eigenvalue weighted by Crippen LogP contribution is 2.56. The molecular formula is C32H35N3. The first-order valence-electron chi connectivity index (χ1n) is 12.7. The number of benzene rings is 3. The first-order valence-corrected chi connectivity index (χ1v) is 12.7. The lowest BCUT2D eigenvalue weighted by Gasteiger charge is -2.49. The maximum absolute atomic E-state index is 4.89. The number of anilines is 3. The second kappa shape index (κ2) is 7.10. The molecule has 178 valence electrons. The first kappa shape index (κ1) is 22.2. The fraction of sp³-hybridized carbons (Fsp3) is 0.344. The van der Waals surface area contributed by atoms with E-state index in [2.05, 4.69) is 126 Å². The number of rotatable bonds is 1. The second-order valence-corrected chi connectivity index (χ2v) is 11.6. The van der Waals surface area contributed by atoms with Crippen molar-refractivity contribution in [1.29, 1.82) is 0 Å². The van der Waals surface area contributed by atoms with E-state index in [4.69, 9.17) is 4.98 Å². The molecule has 1 aliphatic carbocycles.